The first-order chi connectivity index (χ1) is 8.67. The second-order valence-corrected chi connectivity index (χ2v) is 4.21. The Morgan fingerprint density at radius 3 is 2.39 bits per heavy atom. The molecule has 4 nitrogen and oxygen atoms in total. The zero-order valence-electron chi connectivity index (χ0n) is 11.4. The van der Waals surface area contributed by atoms with Crippen molar-refractivity contribution in [1.29, 1.82) is 0 Å². The molecule has 0 amide bonds. The number of benzene rings is 1. The van der Waals surface area contributed by atoms with Gasteiger partial charge < -0.3 is 19.9 Å². The van der Waals surface area contributed by atoms with Gasteiger partial charge in [-0.25, -0.2) is 0 Å². The fourth-order valence-electron chi connectivity index (χ4n) is 1.62. The Kier molecular flexibility index (Phi) is 6.72. The molecular weight excluding hydrogens is 230 g/mol. The summed E-state index contributed by atoms with van der Waals surface area (Å²) in [6.07, 6.45) is 0.0590. The molecule has 0 bridgehead atoms. The highest BCUT2D eigenvalue weighted by Gasteiger charge is 2.09. The Hall–Kier alpha value is -1.10. The molecule has 0 heterocycles. The maximum atomic E-state index is 6.06. The Morgan fingerprint density at radius 1 is 1.17 bits per heavy atom. The number of rotatable bonds is 8. The lowest BCUT2D eigenvalue weighted by molar-refractivity contribution is 0.00328. The van der Waals surface area contributed by atoms with Crippen LogP contribution in [-0.4, -0.2) is 33.0 Å². The van der Waals surface area contributed by atoms with E-state index in [4.69, 9.17) is 19.9 Å². The molecule has 1 rings (SSSR count). The molecule has 2 atom stereocenters. The second kappa shape index (κ2) is 8.08. The molecule has 4 heteroatoms. The molecule has 0 saturated carbocycles. The average molecular weight is 253 g/mol. The van der Waals surface area contributed by atoms with Gasteiger partial charge >= 0.3 is 0 Å². The first-order valence-electron chi connectivity index (χ1n) is 6.26. The number of hydrogen-bond acceptors (Lipinski definition) is 4. The number of methoxy groups -OCH3 is 1. The molecule has 0 spiro atoms. The van der Waals surface area contributed by atoms with E-state index in [0.29, 0.717) is 19.8 Å². The van der Waals surface area contributed by atoms with Crippen molar-refractivity contribution in [3.63, 3.8) is 0 Å². The number of ether oxygens (including phenoxy) is 3. The third-order valence-electron chi connectivity index (χ3n) is 2.58. The van der Waals surface area contributed by atoms with Crippen molar-refractivity contribution in [3.05, 3.63) is 29.8 Å². The van der Waals surface area contributed by atoms with Crippen molar-refractivity contribution in [1.82, 2.24) is 0 Å². The van der Waals surface area contributed by atoms with Gasteiger partial charge in [-0.3, -0.25) is 0 Å². The van der Waals surface area contributed by atoms with E-state index in [1.807, 2.05) is 38.1 Å². The summed E-state index contributed by atoms with van der Waals surface area (Å²) in [5, 5.41) is 0. The van der Waals surface area contributed by atoms with Crippen LogP contribution < -0.4 is 10.5 Å². The summed E-state index contributed by atoms with van der Waals surface area (Å²) in [7, 11) is 1.66. The highest BCUT2D eigenvalue weighted by Crippen LogP contribution is 2.17. The van der Waals surface area contributed by atoms with Gasteiger partial charge in [0.15, 0.2) is 0 Å². The van der Waals surface area contributed by atoms with Crippen molar-refractivity contribution < 1.29 is 14.2 Å². The Labute approximate surface area is 109 Å². The molecule has 0 fully saturated rings. The van der Waals surface area contributed by atoms with E-state index in [0.717, 1.165) is 11.3 Å². The van der Waals surface area contributed by atoms with Crippen LogP contribution in [0.15, 0.2) is 24.3 Å². The predicted molar refractivity (Wildman–Crippen MR) is 71.8 cm³/mol. The Morgan fingerprint density at radius 2 is 1.83 bits per heavy atom. The van der Waals surface area contributed by atoms with E-state index in [1.165, 1.54) is 0 Å². The minimum Gasteiger partial charge on any atom is -0.494 e. The van der Waals surface area contributed by atoms with Crippen LogP contribution in [0.2, 0.25) is 0 Å². The van der Waals surface area contributed by atoms with E-state index >= 15 is 0 Å². The molecule has 1 aromatic rings. The zero-order chi connectivity index (χ0) is 13.4. The summed E-state index contributed by atoms with van der Waals surface area (Å²) >= 11 is 0. The average Bonchev–Trinajstić information content (AvgIpc) is 2.37. The standard InChI is InChI=1S/C14H23NO3/c1-4-17-13-7-5-12(6-8-13)14(15)10-18-11(2)9-16-3/h5-8,11,14H,4,9-10,15H2,1-3H3. The fourth-order valence-corrected chi connectivity index (χ4v) is 1.62. The van der Waals surface area contributed by atoms with Gasteiger partial charge in [-0.05, 0) is 31.5 Å². The fraction of sp³-hybridized carbons (Fsp3) is 0.571. The smallest absolute Gasteiger partial charge is 0.119 e. The molecule has 1 aromatic carbocycles. The molecule has 0 aliphatic carbocycles. The molecule has 0 aliphatic rings. The largest absolute Gasteiger partial charge is 0.494 e. The van der Waals surface area contributed by atoms with Crippen LogP contribution >= 0.6 is 0 Å². The van der Waals surface area contributed by atoms with E-state index < -0.39 is 0 Å². The summed E-state index contributed by atoms with van der Waals surface area (Å²) in [5.74, 6) is 0.863. The van der Waals surface area contributed by atoms with Gasteiger partial charge in [-0.1, -0.05) is 12.1 Å². The third-order valence-corrected chi connectivity index (χ3v) is 2.58. The van der Waals surface area contributed by atoms with E-state index in [2.05, 4.69) is 0 Å². The predicted octanol–water partition coefficient (Wildman–Crippen LogP) is 2.14. The van der Waals surface area contributed by atoms with Crippen LogP contribution in [0.4, 0.5) is 0 Å². The van der Waals surface area contributed by atoms with Gasteiger partial charge in [0.2, 0.25) is 0 Å². The van der Waals surface area contributed by atoms with Crippen molar-refractivity contribution in [2.45, 2.75) is 26.0 Å². The van der Waals surface area contributed by atoms with Crippen LogP contribution in [0, 0.1) is 0 Å². The molecular formula is C14H23NO3. The molecule has 0 saturated heterocycles. The van der Waals surface area contributed by atoms with E-state index in [-0.39, 0.29) is 12.1 Å². The molecule has 2 N–H and O–H groups in total. The van der Waals surface area contributed by atoms with Gasteiger partial charge in [0.05, 0.1) is 32.0 Å². The minimum absolute atomic E-state index is 0.0590. The maximum absolute atomic E-state index is 6.06. The summed E-state index contributed by atoms with van der Waals surface area (Å²) in [4.78, 5) is 0. The van der Waals surface area contributed by atoms with Crippen LogP contribution in [-0.2, 0) is 9.47 Å². The molecule has 0 aliphatic heterocycles. The zero-order valence-corrected chi connectivity index (χ0v) is 11.4. The Balaban J connectivity index is 2.43. The van der Waals surface area contributed by atoms with Crippen LogP contribution in [0.1, 0.15) is 25.5 Å². The molecule has 0 radical (unpaired) electrons. The number of hydrogen-bond donors (Lipinski definition) is 1. The lowest BCUT2D eigenvalue weighted by Gasteiger charge is -2.17. The van der Waals surface area contributed by atoms with Crippen LogP contribution in [0.25, 0.3) is 0 Å². The highest BCUT2D eigenvalue weighted by atomic mass is 16.5. The first-order valence-corrected chi connectivity index (χ1v) is 6.26. The monoisotopic (exact) mass is 253 g/mol. The van der Waals surface area contributed by atoms with Gasteiger partial charge in [-0.2, -0.15) is 0 Å². The summed E-state index contributed by atoms with van der Waals surface area (Å²) < 4.78 is 16.0. The Bertz CT molecular complexity index is 326. The second-order valence-electron chi connectivity index (χ2n) is 4.21. The van der Waals surface area contributed by atoms with E-state index in [9.17, 15) is 0 Å². The summed E-state index contributed by atoms with van der Waals surface area (Å²) in [6, 6.07) is 7.68. The lowest BCUT2D eigenvalue weighted by atomic mass is 10.1. The van der Waals surface area contributed by atoms with Crippen LogP contribution in [0.5, 0.6) is 5.75 Å². The van der Waals surface area contributed by atoms with Crippen LogP contribution in [0.3, 0.4) is 0 Å². The quantitative estimate of drug-likeness (QED) is 0.771. The SMILES string of the molecule is CCOc1ccc(C(N)COC(C)COC)cc1. The first kappa shape index (κ1) is 15.0. The normalized spacial score (nSPS) is 14.2. The summed E-state index contributed by atoms with van der Waals surface area (Å²) in [6.45, 7) is 5.66. The van der Waals surface area contributed by atoms with Gasteiger partial charge in [0.25, 0.3) is 0 Å². The molecule has 0 aromatic heterocycles. The highest BCUT2D eigenvalue weighted by molar-refractivity contribution is 5.29. The molecule has 18 heavy (non-hydrogen) atoms. The van der Waals surface area contributed by atoms with Gasteiger partial charge in [0.1, 0.15) is 5.75 Å². The summed E-state index contributed by atoms with van der Waals surface area (Å²) in [5.41, 5.74) is 7.10. The minimum atomic E-state index is -0.125. The third kappa shape index (κ3) is 5.04. The van der Waals surface area contributed by atoms with Crippen molar-refractivity contribution in [2.75, 3.05) is 26.9 Å². The van der Waals surface area contributed by atoms with Crippen molar-refractivity contribution >= 4 is 0 Å². The van der Waals surface area contributed by atoms with Gasteiger partial charge in [-0.15, -0.1) is 0 Å². The molecule has 102 valence electrons. The van der Waals surface area contributed by atoms with E-state index in [1.54, 1.807) is 7.11 Å². The number of nitrogens with two attached hydrogens (primary N) is 1. The molecule has 2 unspecified atom stereocenters. The maximum Gasteiger partial charge on any atom is 0.119 e. The van der Waals surface area contributed by atoms with Crippen molar-refractivity contribution in [2.24, 2.45) is 5.73 Å². The van der Waals surface area contributed by atoms with Crippen molar-refractivity contribution in [3.8, 4) is 5.75 Å². The van der Waals surface area contributed by atoms with Gasteiger partial charge in [0, 0.05) is 7.11 Å². The topological polar surface area (TPSA) is 53.7 Å². The lowest BCUT2D eigenvalue weighted by Crippen LogP contribution is -2.23.